The molecule has 1 atom stereocenters. The van der Waals surface area contributed by atoms with Crippen molar-refractivity contribution in [3.05, 3.63) is 29.8 Å². The lowest BCUT2D eigenvalue weighted by molar-refractivity contribution is 0.0243. The first kappa shape index (κ1) is 16.6. The fourth-order valence-electron chi connectivity index (χ4n) is 2.49. The number of ether oxygens (including phenoxy) is 2. The highest BCUT2D eigenvalue weighted by Gasteiger charge is 2.29. The van der Waals surface area contributed by atoms with Crippen molar-refractivity contribution in [2.75, 3.05) is 26.8 Å². The molecule has 0 amide bonds. The smallest absolute Gasteiger partial charge is 0.191 e. The lowest BCUT2D eigenvalue weighted by Crippen LogP contribution is -2.45. The van der Waals surface area contributed by atoms with E-state index < -0.39 is 0 Å². The van der Waals surface area contributed by atoms with Crippen LogP contribution in [0.25, 0.3) is 0 Å². The molecule has 1 aliphatic rings. The maximum Gasteiger partial charge on any atom is 0.191 e. The van der Waals surface area contributed by atoms with Gasteiger partial charge in [-0.05, 0) is 44.4 Å². The van der Waals surface area contributed by atoms with E-state index in [1.165, 1.54) is 0 Å². The van der Waals surface area contributed by atoms with Crippen molar-refractivity contribution < 1.29 is 9.47 Å². The largest absolute Gasteiger partial charge is 0.497 e. The molecule has 0 saturated carbocycles. The Balaban J connectivity index is 1.90. The maximum absolute atomic E-state index is 5.80. The molecule has 1 unspecified atom stereocenters. The molecule has 2 rings (SSSR count). The third-order valence-corrected chi connectivity index (χ3v) is 3.85. The van der Waals surface area contributed by atoms with Crippen molar-refractivity contribution in [3.8, 4) is 5.75 Å². The number of nitrogens with zero attached hydrogens (tertiary/aromatic N) is 1. The summed E-state index contributed by atoms with van der Waals surface area (Å²) in [7, 11) is 1.67. The Bertz CT molecular complexity index is 479. The van der Waals surface area contributed by atoms with Crippen LogP contribution in [0.5, 0.6) is 5.75 Å². The molecule has 2 N–H and O–H groups in total. The zero-order valence-corrected chi connectivity index (χ0v) is 13.8. The van der Waals surface area contributed by atoms with Crippen molar-refractivity contribution in [3.63, 3.8) is 0 Å². The predicted octanol–water partition coefficient (Wildman–Crippen LogP) is 2.32. The Labute approximate surface area is 133 Å². The molecule has 22 heavy (non-hydrogen) atoms. The number of hydrogen-bond acceptors (Lipinski definition) is 3. The number of benzene rings is 1. The van der Waals surface area contributed by atoms with E-state index in [0.717, 1.165) is 49.8 Å². The van der Waals surface area contributed by atoms with Crippen LogP contribution >= 0.6 is 0 Å². The molecule has 0 aromatic heterocycles. The molecular formula is C17H27N3O2. The van der Waals surface area contributed by atoms with Crippen LogP contribution in [0.15, 0.2) is 29.3 Å². The van der Waals surface area contributed by atoms with Crippen LogP contribution in [0.2, 0.25) is 0 Å². The molecule has 1 heterocycles. The lowest BCUT2D eigenvalue weighted by atomic mass is 10.0. The summed E-state index contributed by atoms with van der Waals surface area (Å²) < 4.78 is 11.0. The van der Waals surface area contributed by atoms with Crippen LogP contribution < -0.4 is 15.4 Å². The van der Waals surface area contributed by atoms with Crippen molar-refractivity contribution in [1.29, 1.82) is 0 Å². The van der Waals surface area contributed by atoms with Gasteiger partial charge in [-0.1, -0.05) is 12.1 Å². The minimum Gasteiger partial charge on any atom is -0.497 e. The van der Waals surface area contributed by atoms with E-state index in [2.05, 4.69) is 29.5 Å². The van der Waals surface area contributed by atoms with Crippen LogP contribution in [0.3, 0.4) is 0 Å². The molecule has 5 heteroatoms. The van der Waals surface area contributed by atoms with E-state index in [1.807, 2.05) is 24.3 Å². The average molecular weight is 305 g/mol. The summed E-state index contributed by atoms with van der Waals surface area (Å²) in [5.74, 6) is 1.69. The van der Waals surface area contributed by atoms with E-state index >= 15 is 0 Å². The minimum absolute atomic E-state index is 0.0731. The van der Waals surface area contributed by atoms with Crippen molar-refractivity contribution in [2.45, 2.75) is 38.8 Å². The summed E-state index contributed by atoms with van der Waals surface area (Å²) in [6.07, 6.45) is 2.23. The van der Waals surface area contributed by atoms with Gasteiger partial charge in [-0.25, -0.2) is 4.99 Å². The SMILES string of the molecule is CCNC(=NCc1ccc(OC)cc1)NCC1(C)CCCO1. The van der Waals surface area contributed by atoms with Gasteiger partial charge < -0.3 is 20.1 Å². The topological polar surface area (TPSA) is 54.9 Å². The van der Waals surface area contributed by atoms with Crippen LogP contribution in [0.4, 0.5) is 0 Å². The van der Waals surface area contributed by atoms with Crippen LogP contribution in [0, 0.1) is 0 Å². The first-order chi connectivity index (χ1) is 10.6. The molecule has 1 aromatic carbocycles. The van der Waals surface area contributed by atoms with Gasteiger partial charge in [0.2, 0.25) is 0 Å². The highest BCUT2D eigenvalue weighted by atomic mass is 16.5. The van der Waals surface area contributed by atoms with E-state index in [0.29, 0.717) is 6.54 Å². The first-order valence-corrected chi connectivity index (χ1v) is 7.94. The Hall–Kier alpha value is -1.75. The number of hydrogen-bond donors (Lipinski definition) is 2. The van der Waals surface area contributed by atoms with Gasteiger partial charge in [0.1, 0.15) is 5.75 Å². The molecule has 0 spiro atoms. The molecule has 1 aromatic rings. The fraction of sp³-hybridized carbons (Fsp3) is 0.588. The molecule has 1 fully saturated rings. The fourth-order valence-corrected chi connectivity index (χ4v) is 2.49. The standard InChI is InChI=1S/C17H27N3O2/c1-4-18-16(20-13-17(2)10-5-11-22-17)19-12-14-6-8-15(21-3)9-7-14/h6-9H,4-5,10-13H2,1-3H3,(H2,18,19,20). The van der Waals surface area contributed by atoms with Crippen LogP contribution in [-0.2, 0) is 11.3 Å². The summed E-state index contributed by atoms with van der Waals surface area (Å²) >= 11 is 0. The maximum atomic E-state index is 5.80. The van der Waals surface area contributed by atoms with Gasteiger partial charge in [0, 0.05) is 19.7 Å². The highest BCUT2D eigenvalue weighted by Crippen LogP contribution is 2.23. The number of methoxy groups -OCH3 is 1. The van der Waals surface area contributed by atoms with E-state index in [-0.39, 0.29) is 5.60 Å². The number of rotatable bonds is 6. The summed E-state index contributed by atoms with van der Waals surface area (Å²) in [6, 6.07) is 7.98. The molecule has 1 saturated heterocycles. The zero-order valence-electron chi connectivity index (χ0n) is 13.8. The second kappa shape index (κ2) is 8.03. The van der Waals surface area contributed by atoms with E-state index in [1.54, 1.807) is 7.11 Å². The second-order valence-corrected chi connectivity index (χ2v) is 5.80. The van der Waals surface area contributed by atoms with Crippen molar-refractivity contribution in [2.24, 2.45) is 4.99 Å². The lowest BCUT2D eigenvalue weighted by Gasteiger charge is -2.24. The van der Waals surface area contributed by atoms with Gasteiger partial charge in [-0.2, -0.15) is 0 Å². The van der Waals surface area contributed by atoms with Crippen molar-refractivity contribution >= 4 is 5.96 Å². The molecule has 0 radical (unpaired) electrons. The Kier molecular flexibility index (Phi) is 6.07. The molecule has 122 valence electrons. The van der Waals surface area contributed by atoms with Gasteiger partial charge in [0.25, 0.3) is 0 Å². The first-order valence-electron chi connectivity index (χ1n) is 7.94. The summed E-state index contributed by atoms with van der Waals surface area (Å²) in [5.41, 5.74) is 1.08. The van der Waals surface area contributed by atoms with Crippen molar-refractivity contribution in [1.82, 2.24) is 10.6 Å². The molecular weight excluding hydrogens is 278 g/mol. The molecule has 1 aliphatic heterocycles. The van der Waals surface area contributed by atoms with Gasteiger partial charge in [-0.15, -0.1) is 0 Å². The molecule has 0 aliphatic carbocycles. The third-order valence-electron chi connectivity index (χ3n) is 3.85. The van der Waals surface area contributed by atoms with E-state index in [9.17, 15) is 0 Å². The molecule has 5 nitrogen and oxygen atoms in total. The van der Waals surface area contributed by atoms with Crippen LogP contribution in [-0.4, -0.2) is 38.4 Å². The van der Waals surface area contributed by atoms with E-state index in [4.69, 9.17) is 9.47 Å². The predicted molar refractivity (Wildman–Crippen MR) is 89.4 cm³/mol. The quantitative estimate of drug-likeness (QED) is 0.625. The zero-order chi connectivity index (χ0) is 15.8. The highest BCUT2D eigenvalue weighted by molar-refractivity contribution is 5.79. The normalized spacial score (nSPS) is 21.7. The van der Waals surface area contributed by atoms with Gasteiger partial charge >= 0.3 is 0 Å². The third kappa shape index (κ3) is 4.91. The second-order valence-electron chi connectivity index (χ2n) is 5.80. The average Bonchev–Trinajstić information content (AvgIpc) is 2.98. The monoisotopic (exact) mass is 305 g/mol. The summed E-state index contributed by atoms with van der Waals surface area (Å²) in [6.45, 7) is 7.33. The van der Waals surface area contributed by atoms with Crippen LogP contribution in [0.1, 0.15) is 32.3 Å². The summed E-state index contributed by atoms with van der Waals surface area (Å²) in [5, 5.41) is 6.66. The Morgan fingerprint density at radius 2 is 2.09 bits per heavy atom. The Morgan fingerprint density at radius 3 is 2.68 bits per heavy atom. The van der Waals surface area contributed by atoms with Gasteiger partial charge in [0.15, 0.2) is 5.96 Å². The van der Waals surface area contributed by atoms with Gasteiger partial charge in [0.05, 0.1) is 19.3 Å². The Morgan fingerprint density at radius 1 is 1.32 bits per heavy atom. The number of guanidine groups is 1. The molecule has 0 bridgehead atoms. The van der Waals surface area contributed by atoms with Gasteiger partial charge in [-0.3, -0.25) is 0 Å². The number of nitrogens with one attached hydrogen (secondary N) is 2. The minimum atomic E-state index is -0.0731. The summed E-state index contributed by atoms with van der Waals surface area (Å²) in [4.78, 5) is 4.63. The number of aliphatic imine (C=N–C) groups is 1.